The molecule has 2 amide bonds. The third kappa shape index (κ3) is 4.17. The number of hydrogen-bond donors (Lipinski definition) is 1. The van der Waals surface area contributed by atoms with Gasteiger partial charge in [-0.15, -0.1) is 0 Å². The Morgan fingerprint density at radius 3 is 2.77 bits per heavy atom. The maximum absolute atomic E-state index is 12.8. The van der Waals surface area contributed by atoms with Crippen LogP contribution in [0.1, 0.15) is 46.3 Å². The number of ketones is 1. The van der Waals surface area contributed by atoms with Crippen molar-refractivity contribution in [2.24, 2.45) is 0 Å². The summed E-state index contributed by atoms with van der Waals surface area (Å²) in [6.07, 6.45) is 2.60. The van der Waals surface area contributed by atoms with Crippen molar-refractivity contribution in [1.29, 1.82) is 0 Å². The standard InChI is InChI=1S/C24H23ClN2O3/c1-15-6-11-22(23(29)26-15)27-14-18-12-16(8-10-20(18)24(27)30)7-9-19(28)13-17-4-2-3-5-21(17)25/h2-5,8,10,12,22H,1,6-7,9,11,13-14H2,(H,26,29). The Bertz CT molecular complexity index is 1050. The first-order valence-electron chi connectivity index (χ1n) is 10.1. The third-order valence-electron chi connectivity index (χ3n) is 5.74. The number of carbonyl (C=O) groups is 3. The van der Waals surface area contributed by atoms with Crippen molar-refractivity contribution >= 4 is 29.2 Å². The highest BCUT2D eigenvalue weighted by atomic mass is 35.5. The molecule has 1 N–H and O–H groups in total. The van der Waals surface area contributed by atoms with Gasteiger partial charge in [-0.3, -0.25) is 14.4 Å². The lowest BCUT2D eigenvalue weighted by atomic mass is 9.99. The molecule has 2 aliphatic rings. The van der Waals surface area contributed by atoms with Gasteiger partial charge in [-0.2, -0.15) is 0 Å². The van der Waals surface area contributed by atoms with E-state index in [9.17, 15) is 14.4 Å². The van der Waals surface area contributed by atoms with Gasteiger partial charge in [0.2, 0.25) is 5.91 Å². The molecule has 2 heterocycles. The first-order chi connectivity index (χ1) is 14.4. The largest absolute Gasteiger partial charge is 0.329 e. The highest BCUT2D eigenvalue weighted by Crippen LogP contribution is 2.29. The van der Waals surface area contributed by atoms with Crippen LogP contribution in [0.5, 0.6) is 0 Å². The summed E-state index contributed by atoms with van der Waals surface area (Å²) in [5.41, 5.74) is 4.10. The van der Waals surface area contributed by atoms with Crippen LogP contribution < -0.4 is 5.32 Å². The number of amides is 2. The van der Waals surface area contributed by atoms with Crippen molar-refractivity contribution in [2.45, 2.75) is 44.7 Å². The fourth-order valence-electron chi connectivity index (χ4n) is 4.09. The molecule has 6 heteroatoms. The number of carbonyl (C=O) groups excluding carboxylic acids is 3. The maximum atomic E-state index is 12.8. The second-order valence-electron chi connectivity index (χ2n) is 7.88. The number of nitrogens with one attached hydrogen (secondary N) is 1. The van der Waals surface area contributed by atoms with Crippen LogP contribution in [-0.4, -0.2) is 28.5 Å². The number of aryl methyl sites for hydroxylation is 1. The minimum absolute atomic E-state index is 0.112. The molecule has 30 heavy (non-hydrogen) atoms. The van der Waals surface area contributed by atoms with E-state index >= 15 is 0 Å². The molecule has 2 aromatic rings. The summed E-state index contributed by atoms with van der Waals surface area (Å²) in [6.45, 7) is 4.21. The minimum atomic E-state index is -0.462. The molecule has 4 rings (SSSR count). The van der Waals surface area contributed by atoms with Crippen molar-refractivity contribution in [3.05, 3.63) is 82.0 Å². The van der Waals surface area contributed by atoms with Gasteiger partial charge >= 0.3 is 0 Å². The van der Waals surface area contributed by atoms with Crippen LogP contribution in [-0.2, 0) is 29.0 Å². The first kappa shape index (κ1) is 20.4. The fraction of sp³-hybridized carbons (Fsp3) is 0.292. The van der Waals surface area contributed by atoms with Crippen molar-refractivity contribution < 1.29 is 14.4 Å². The summed E-state index contributed by atoms with van der Waals surface area (Å²) in [6, 6.07) is 12.6. The number of fused-ring (bicyclic) bond motifs is 1. The monoisotopic (exact) mass is 422 g/mol. The van der Waals surface area contributed by atoms with E-state index in [1.165, 1.54) is 0 Å². The molecule has 1 unspecified atom stereocenters. The molecule has 0 radical (unpaired) electrons. The maximum Gasteiger partial charge on any atom is 0.255 e. The van der Waals surface area contributed by atoms with Gasteiger partial charge in [0.1, 0.15) is 11.8 Å². The molecular formula is C24H23ClN2O3. The molecule has 1 fully saturated rings. The normalized spacial score (nSPS) is 18.4. The molecule has 0 aliphatic carbocycles. The van der Waals surface area contributed by atoms with Crippen molar-refractivity contribution in [1.82, 2.24) is 10.2 Å². The summed E-state index contributed by atoms with van der Waals surface area (Å²) in [7, 11) is 0. The molecular weight excluding hydrogens is 400 g/mol. The van der Waals surface area contributed by atoms with E-state index in [4.69, 9.17) is 11.6 Å². The van der Waals surface area contributed by atoms with E-state index in [0.29, 0.717) is 54.9 Å². The van der Waals surface area contributed by atoms with Crippen LogP contribution in [0.4, 0.5) is 0 Å². The van der Waals surface area contributed by atoms with E-state index in [2.05, 4.69) is 11.9 Å². The molecule has 0 bridgehead atoms. The number of Topliss-reactive ketones (excluding diaryl/α,β-unsaturated/α-hetero) is 1. The number of rotatable bonds is 6. The zero-order valence-corrected chi connectivity index (χ0v) is 17.4. The van der Waals surface area contributed by atoms with Gasteiger partial charge in [0.05, 0.1) is 0 Å². The molecule has 154 valence electrons. The van der Waals surface area contributed by atoms with E-state index in [1.807, 2.05) is 36.4 Å². The second-order valence-corrected chi connectivity index (χ2v) is 8.29. The van der Waals surface area contributed by atoms with Crippen LogP contribution in [0.3, 0.4) is 0 Å². The number of nitrogens with zero attached hydrogens (tertiary/aromatic N) is 1. The predicted octanol–water partition coefficient (Wildman–Crippen LogP) is 3.83. The smallest absolute Gasteiger partial charge is 0.255 e. The fourth-order valence-corrected chi connectivity index (χ4v) is 4.29. The quantitative estimate of drug-likeness (QED) is 0.769. The molecule has 0 spiro atoms. The van der Waals surface area contributed by atoms with Gasteiger partial charge in [-0.1, -0.05) is 48.5 Å². The Balaban J connectivity index is 1.39. The van der Waals surface area contributed by atoms with Crippen molar-refractivity contribution in [3.63, 3.8) is 0 Å². The SMILES string of the molecule is C=C1CCC(N2Cc3cc(CCC(=O)Cc4ccccc4Cl)ccc3C2=O)C(=O)N1. The number of halogens is 1. The minimum Gasteiger partial charge on any atom is -0.329 e. The lowest BCUT2D eigenvalue weighted by molar-refractivity contribution is -0.126. The summed E-state index contributed by atoms with van der Waals surface area (Å²) in [4.78, 5) is 39.1. The summed E-state index contributed by atoms with van der Waals surface area (Å²) in [5, 5.41) is 3.36. The number of hydrogen-bond acceptors (Lipinski definition) is 3. The molecule has 2 aromatic carbocycles. The predicted molar refractivity (Wildman–Crippen MR) is 115 cm³/mol. The van der Waals surface area contributed by atoms with Gasteiger partial charge in [0.15, 0.2) is 0 Å². The zero-order valence-electron chi connectivity index (χ0n) is 16.6. The van der Waals surface area contributed by atoms with Crippen LogP contribution >= 0.6 is 11.6 Å². The topological polar surface area (TPSA) is 66.5 Å². The number of allylic oxidation sites excluding steroid dienone is 1. The molecule has 0 aromatic heterocycles. The van der Waals surface area contributed by atoms with Gasteiger partial charge in [-0.05, 0) is 48.1 Å². The number of benzene rings is 2. The highest BCUT2D eigenvalue weighted by Gasteiger charge is 2.38. The van der Waals surface area contributed by atoms with Gasteiger partial charge in [-0.25, -0.2) is 0 Å². The highest BCUT2D eigenvalue weighted by molar-refractivity contribution is 6.31. The van der Waals surface area contributed by atoms with Gasteiger partial charge in [0, 0.05) is 35.7 Å². The van der Waals surface area contributed by atoms with E-state index in [1.54, 1.807) is 11.0 Å². The van der Waals surface area contributed by atoms with Crippen LogP contribution in [0, 0.1) is 0 Å². The van der Waals surface area contributed by atoms with Crippen molar-refractivity contribution in [2.75, 3.05) is 0 Å². The Hall–Kier alpha value is -2.92. The summed E-state index contributed by atoms with van der Waals surface area (Å²) < 4.78 is 0. The average Bonchev–Trinajstić information content (AvgIpc) is 3.04. The average molecular weight is 423 g/mol. The molecule has 5 nitrogen and oxygen atoms in total. The Kier molecular flexibility index (Phi) is 5.73. The van der Waals surface area contributed by atoms with Crippen LogP contribution in [0.25, 0.3) is 0 Å². The first-order valence-corrected chi connectivity index (χ1v) is 10.5. The summed E-state index contributed by atoms with van der Waals surface area (Å²) in [5.74, 6) is -0.155. The van der Waals surface area contributed by atoms with Crippen LogP contribution in [0.2, 0.25) is 5.02 Å². The van der Waals surface area contributed by atoms with E-state index < -0.39 is 6.04 Å². The lowest BCUT2D eigenvalue weighted by Crippen LogP contribution is -2.49. The van der Waals surface area contributed by atoms with E-state index in [0.717, 1.165) is 16.7 Å². The van der Waals surface area contributed by atoms with E-state index in [-0.39, 0.29) is 17.6 Å². The Morgan fingerprint density at radius 1 is 1.20 bits per heavy atom. The van der Waals surface area contributed by atoms with Crippen LogP contribution in [0.15, 0.2) is 54.7 Å². The van der Waals surface area contributed by atoms with Gasteiger partial charge in [0.25, 0.3) is 5.91 Å². The summed E-state index contributed by atoms with van der Waals surface area (Å²) >= 11 is 6.14. The zero-order chi connectivity index (χ0) is 21.3. The number of piperidine rings is 1. The molecule has 2 aliphatic heterocycles. The third-order valence-corrected chi connectivity index (χ3v) is 6.11. The van der Waals surface area contributed by atoms with Gasteiger partial charge < -0.3 is 10.2 Å². The second kappa shape index (κ2) is 8.44. The molecule has 1 saturated heterocycles. The Morgan fingerprint density at radius 2 is 2.00 bits per heavy atom. The molecule has 1 atom stereocenters. The Labute approximate surface area is 180 Å². The van der Waals surface area contributed by atoms with Crippen molar-refractivity contribution in [3.8, 4) is 0 Å². The lowest BCUT2D eigenvalue weighted by Gasteiger charge is -2.30. The molecule has 0 saturated carbocycles.